The molecule has 0 aliphatic carbocycles. The Morgan fingerprint density at radius 1 is 1.07 bits per heavy atom. The number of para-hydroxylation sites is 1. The van der Waals surface area contributed by atoms with Crippen molar-refractivity contribution in [2.24, 2.45) is 7.05 Å². The molecule has 0 saturated heterocycles. The van der Waals surface area contributed by atoms with Gasteiger partial charge in [-0.1, -0.05) is 59.6 Å². The van der Waals surface area contributed by atoms with Gasteiger partial charge in [-0.05, 0) is 30.2 Å². The van der Waals surface area contributed by atoms with Gasteiger partial charge in [0.25, 0.3) is 5.56 Å². The van der Waals surface area contributed by atoms with Crippen LogP contribution in [0.3, 0.4) is 0 Å². The molecule has 8 heteroatoms. The second-order valence-electron chi connectivity index (χ2n) is 6.66. The number of fused-ring (bicyclic) bond motifs is 1. The first kappa shape index (κ1) is 20.2. The fraction of sp³-hybridized carbons (Fsp3) is 0.136. The Kier molecular flexibility index (Phi) is 5.88. The summed E-state index contributed by atoms with van der Waals surface area (Å²) in [6.07, 6.45) is 2.49. The summed E-state index contributed by atoms with van der Waals surface area (Å²) in [6.45, 7) is 0.676. The maximum absolute atomic E-state index is 12.8. The van der Waals surface area contributed by atoms with Crippen LogP contribution in [0.5, 0.6) is 11.5 Å². The number of anilines is 1. The van der Waals surface area contributed by atoms with E-state index in [2.05, 4.69) is 27.4 Å². The molecule has 6 nitrogen and oxygen atoms in total. The van der Waals surface area contributed by atoms with Crippen LogP contribution in [0.15, 0.2) is 65.6 Å². The molecule has 0 aliphatic rings. The van der Waals surface area contributed by atoms with E-state index >= 15 is 0 Å². The van der Waals surface area contributed by atoms with E-state index in [9.17, 15) is 4.79 Å². The molecule has 1 N–H and O–H groups in total. The molecule has 2 aromatic carbocycles. The van der Waals surface area contributed by atoms with Gasteiger partial charge in [-0.2, -0.15) is 4.98 Å². The average molecular weight is 441 g/mol. The van der Waals surface area contributed by atoms with Gasteiger partial charge in [0.1, 0.15) is 5.65 Å². The minimum absolute atomic E-state index is 0.0911. The number of hydrogen-bond donors (Lipinski definition) is 1. The molecule has 4 rings (SSSR count). The Labute approximate surface area is 183 Å². The molecule has 0 aliphatic heterocycles. The monoisotopic (exact) mass is 440 g/mol. The summed E-state index contributed by atoms with van der Waals surface area (Å²) in [6, 6.07) is 16.7. The third kappa shape index (κ3) is 4.25. The van der Waals surface area contributed by atoms with Crippen LogP contribution >= 0.6 is 23.2 Å². The minimum Gasteiger partial charge on any atom is -0.448 e. The van der Waals surface area contributed by atoms with Gasteiger partial charge in [0.2, 0.25) is 5.95 Å². The topological polar surface area (TPSA) is 69.0 Å². The number of aryl methyl sites for hydroxylation is 1. The molecule has 0 unspecified atom stereocenters. The molecule has 0 saturated carbocycles. The summed E-state index contributed by atoms with van der Waals surface area (Å²) >= 11 is 12.3. The predicted molar refractivity (Wildman–Crippen MR) is 120 cm³/mol. The van der Waals surface area contributed by atoms with E-state index < -0.39 is 0 Å². The van der Waals surface area contributed by atoms with Gasteiger partial charge in [0.15, 0.2) is 11.5 Å². The Morgan fingerprint density at radius 3 is 2.53 bits per heavy atom. The average Bonchev–Trinajstić information content (AvgIpc) is 2.75. The zero-order valence-corrected chi connectivity index (χ0v) is 17.6. The number of pyridine rings is 1. The van der Waals surface area contributed by atoms with Crippen LogP contribution in [0.25, 0.3) is 11.0 Å². The first-order valence-electron chi connectivity index (χ1n) is 9.29. The molecule has 30 heavy (non-hydrogen) atoms. The minimum atomic E-state index is -0.354. The molecule has 0 radical (unpaired) electrons. The molecular weight excluding hydrogens is 423 g/mol. The van der Waals surface area contributed by atoms with E-state index in [4.69, 9.17) is 27.9 Å². The summed E-state index contributed by atoms with van der Waals surface area (Å²) < 4.78 is 7.15. The second kappa shape index (κ2) is 8.73. The fourth-order valence-corrected chi connectivity index (χ4v) is 3.50. The van der Waals surface area contributed by atoms with E-state index in [0.717, 1.165) is 6.42 Å². The lowest BCUT2D eigenvalue weighted by atomic mass is 10.1. The fourth-order valence-electron chi connectivity index (χ4n) is 3.03. The predicted octanol–water partition coefficient (Wildman–Crippen LogP) is 5.08. The van der Waals surface area contributed by atoms with Crippen molar-refractivity contribution >= 4 is 40.2 Å². The highest BCUT2D eigenvalue weighted by Crippen LogP contribution is 2.35. The van der Waals surface area contributed by atoms with Gasteiger partial charge in [0, 0.05) is 25.2 Å². The van der Waals surface area contributed by atoms with Gasteiger partial charge in [-0.15, -0.1) is 0 Å². The first-order valence-corrected chi connectivity index (χ1v) is 10.0. The molecule has 0 atom stereocenters. The summed E-state index contributed by atoms with van der Waals surface area (Å²) in [5, 5.41) is 4.49. The lowest BCUT2D eigenvalue weighted by molar-refractivity contribution is 0.472. The van der Waals surface area contributed by atoms with Crippen molar-refractivity contribution in [2.75, 3.05) is 11.9 Å². The largest absolute Gasteiger partial charge is 0.448 e. The number of ether oxygens (including phenoxy) is 1. The first-order chi connectivity index (χ1) is 14.5. The standard InChI is InChI=1S/C22H18Cl2N4O2/c1-28-20-15(12-18(21(28)29)30-19-16(23)8-5-9-17(19)24)13-26-22(27-20)25-11-10-14-6-3-2-4-7-14/h2-9,12-13H,10-11H2,1H3,(H,25,26,27). The van der Waals surface area contributed by atoms with E-state index in [-0.39, 0.29) is 17.1 Å². The normalized spacial score (nSPS) is 10.9. The van der Waals surface area contributed by atoms with Crippen molar-refractivity contribution in [2.45, 2.75) is 6.42 Å². The third-order valence-electron chi connectivity index (χ3n) is 4.59. The van der Waals surface area contributed by atoms with Crippen LogP contribution in [-0.2, 0) is 13.5 Å². The van der Waals surface area contributed by atoms with Crippen LogP contribution in [0.1, 0.15) is 5.56 Å². The molecule has 0 fully saturated rings. The Bertz CT molecular complexity index is 1240. The summed E-state index contributed by atoms with van der Waals surface area (Å²) in [7, 11) is 1.63. The zero-order chi connectivity index (χ0) is 21.1. The summed E-state index contributed by atoms with van der Waals surface area (Å²) in [4.78, 5) is 21.6. The highest BCUT2D eigenvalue weighted by molar-refractivity contribution is 6.37. The molecule has 2 heterocycles. The highest BCUT2D eigenvalue weighted by Gasteiger charge is 2.14. The van der Waals surface area contributed by atoms with Crippen molar-refractivity contribution in [1.82, 2.24) is 14.5 Å². The Hall–Kier alpha value is -3.09. The van der Waals surface area contributed by atoms with Gasteiger partial charge < -0.3 is 10.1 Å². The van der Waals surface area contributed by atoms with Crippen LogP contribution in [0.2, 0.25) is 10.0 Å². The van der Waals surface area contributed by atoms with Crippen molar-refractivity contribution in [3.05, 3.63) is 86.8 Å². The quantitative estimate of drug-likeness (QED) is 0.452. The maximum atomic E-state index is 12.8. The number of rotatable bonds is 6. The van der Waals surface area contributed by atoms with Crippen molar-refractivity contribution in [3.63, 3.8) is 0 Å². The van der Waals surface area contributed by atoms with E-state index in [1.54, 1.807) is 37.5 Å². The number of halogens is 2. The van der Waals surface area contributed by atoms with Gasteiger partial charge in [-0.25, -0.2) is 4.98 Å². The van der Waals surface area contributed by atoms with Crippen LogP contribution in [0, 0.1) is 0 Å². The Balaban J connectivity index is 1.58. The molecule has 0 amide bonds. The number of nitrogens with zero attached hydrogens (tertiary/aromatic N) is 3. The van der Waals surface area contributed by atoms with Crippen LogP contribution in [0.4, 0.5) is 5.95 Å². The zero-order valence-electron chi connectivity index (χ0n) is 16.1. The number of benzene rings is 2. The molecule has 0 spiro atoms. The molecular formula is C22H18Cl2N4O2. The van der Waals surface area contributed by atoms with Crippen molar-refractivity contribution in [1.29, 1.82) is 0 Å². The third-order valence-corrected chi connectivity index (χ3v) is 5.18. The lowest BCUT2D eigenvalue weighted by Gasteiger charge is -2.12. The van der Waals surface area contributed by atoms with Gasteiger partial charge >= 0.3 is 0 Å². The molecule has 152 valence electrons. The van der Waals surface area contributed by atoms with Gasteiger partial charge in [-0.3, -0.25) is 9.36 Å². The van der Waals surface area contributed by atoms with Gasteiger partial charge in [0.05, 0.1) is 10.0 Å². The van der Waals surface area contributed by atoms with Crippen LogP contribution in [-0.4, -0.2) is 21.1 Å². The number of hydrogen-bond acceptors (Lipinski definition) is 5. The van der Waals surface area contributed by atoms with E-state index in [1.165, 1.54) is 10.1 Å². The number of aromatic nitrogens is 3. The lowest BCUT2D eigenvalue weighted by Crippen LogP contribution is -2.20. The highest BCUT2D eigenvalue weighted by atomic mass is 35.5. The summed E-state index contributed by atoms with van der Waals surface area (Å²) in [5.74, 6) is 0.780. The SMILES string of the molecule is Cn1c(=O)c(Oc2c(Cl)cccc2Cl)cc2cnc(NCCc3ccccc3)nc21. The Morgan fingerprint density at radius 2 is 1.80 bits per heavy atom. The van der Waals surface area contributed by atoms with Crippen molar-refractivity contribution in [3.8, 4) is 11.5 Å². The molecule has 0 bridgehead atoms. The molecule has 2 aromatic heterocycles. The smallest absolute Gasteiger partial charge is 0.294 e. The van der Waals surface area contributed by atoms with Crippen molar-refractivity contribution < 1.29 is 4.74 Å². The molecule has 4 aromatic rings. The maximum Gasteiger partial charge on any atom is 0.294 e. The second-order valence-corrected chi connectivity index (χ2v) is 7.47. The summed E-state index contributed by atoms with van der Waals surface area (Å²) in [5.41, 5.74) is 1.36. The van der Waals surface area contributed by atoms with E-state index in [0.29, 0.717) is 33.6 Å². The number of nitrogens with one attached hydrogen (secondary N) is 1. The van der Waals surface area contributed by atoms with E-state index in [1.807, 2.05) is 18.2 Å². The van der Waals surface area contributed by atoms with Crippen LogP contribution < -0.4 is 15.6 Å².